The number of pyridine rings is 1. The summed E-state index contributed by atoms with van der Waals surface area (Å²) >= 11 is 5.78. The summed E-state index contributed by atoms with van der Waals surface area (Å²) in [4.78, 5) is 11.7. The van der Waals surface area contributed by atoms with E-state index in [1.165, 1.54) is 19.2 Å². The number of carbonyl (C=O) groups is 1. The Morgan fingerprint density at radius 3 is 2.55 bits per heavy atom. The van der Waals surface area contributed by atoms with Crippen LogP contribution in [0.15, 0.2) is 42.5 Å². The topological polar surface area (TPSA) is 53.2 Å². The smallest absolute Gasteiger partial charge is 0.344 e. The van der Waals surface area contributed by atoms with Crippen molar-refractivity contribution >= 4 is 29.7 Å². The highest BCUT2D eigenvalue weighted by Gasteiger charge is 2.19. The first-order valence-electron chi connectivity index (χ1n) is 5.87. The van der Waals surface area contributed by atoms with Crippen molar-refractivity contribution in [1.29, 1.82) is 0 Å². The van der Waals surface area contributed by atoms with Crippen LogP contribution in [0, 0.1) is 5.21 Å². The number of hydrogen-bond donors (Lipinski definition) is 0. The molecule has 0 spiro atoms. The molecule has 0 unspecified atom stereocenters. The van der Waals surface area contributed by atoms with E-state index in [1.807, 2.05) is 30.3 Å². The lowest BCUT2D eigenvalue weighted by Crippen LogP contribution is -2.33. The Bertz CT molecular complexity index is 654. The van der Waals surface area contributed by atoms with Crippen molar-refractivity contribution in [1.82, 2.24) is 0 Å². The fourth-order valence-electron chi connectivity index (χ4n) is 1.71. The minimum absolute atomic E-state index is 0.00892. The van der Waals surface area contributed by atoms with Crippen LogP contribution in [0.2, 0.25) is 5.15 Å². The Morgan fingerprint density at radius 2 is 1.90 bits per heavy atom. The molecule has 0 saturated carbocycles. The number of aromatic nitrogens is 1. The largest absolute Gasteiger partial charge is 0.617 e. The van der Waals surface area contributed by atoms with Crippen molar-refractivity contribution in [3.63, 3.8) is 0 Å². The predicted molar refractivity (Wildman–Crippen MR) is 77.1 cm³/mol. The van der Waals surface area contributed by atoms with E-state index in [1.54, 1.807) is 12.2 Å². The molecule has 4 nitrogen and oxygen atoms in total. The molecule has 2 aromatic rings. The molecule has 0 amide bonds. The second-order valence-electron chi connectivity index (χ2n) is 3.98. The molecular weight excluding hydrogens is 278 g/mol. The Labute approximate surface area is 121 Å². The van der Waals surface area contributed by atoms with Crippen LogP contribution < -0.4 is 4.73 Å². The van der Waals surface area contributed by atoms with Crippen LogP contribution in [0.4, 0.5) is 0 Å². The lowest BCUT2D eigenvalue weighted by Gasteiger charge is -2.06. The molecule has 1 aromatic heterocycles. The molecule has 0 N–H and O–H groups in total. The van der Waals surface area contributed by atoms with Gasteiger partial charge in [-0.25, -0.2) is 4.79 Å². The number of halogens is 1. The summed E-state index contributed by atoms with van der Waals surface area (Å²) in [7, 11) is 1.26. The SMILES string of the molecule is COC(=O)c1ccc(Cl)[n+]([O-])c1/C=C/c1ccccc1. The van der Waals surface area contributed by atoms with Crippen LogP contribution in [0.3, 0.4) is 0 Å². The second kappa shape index (κ2) is 6.21. The number of rotatable bonds is 3. The van der Waals surface area contributed by atoms with Crippen molar-refractivity contribution in [3.05, 3.63) is 69.6 Å². The third-order valence-corrected chi connectivity index (χ3v) is 2.99. The maximum Gasteiger partial charge on any atom is 0.344 e. The molecule has 0 aliphatic carbocycles. The first-order chi connectivity index (χ1) is 9.63. The van der Waals surface area contributed by atoms with Gasteiger partial charge in [-0.15, -0.1) is 0 Å². The zero-order valence-electron chi connectivity index (χ0n) is 10.7. The summed E-state index contributed by atoms with van der Waals surface area (Å²) in [6.45, 7) is 0. The average molecular weight is 290 g/mol. The Kier molecular flexibility index (Phi) is 4.38. The van der Waals surface area contributed by atoms with Gasteiger partial charge in [-0.05, 0) is 29.3 Å². The van der Waals surface area contributed by atoms with Gasteiger partial charge in [-0.2, -0.15) is 4.73 Å². The van der Waals surface area contributed by atoms with E-state index in [2.05, 4.69) is 4.74 Å². The Hall–Kier alpha value is -2.33. The van der Waals surface area contributed by atoms with Crippen molar-refractivity contribution in [2.24, 2.45) is 0 Å². The predicted octanol–water partition coefficient (Wildman–Crippen LogP) is 2.93. The summed E-state index contributed by atoms with van der Waals surface area (Å²) in [6.07, 6.45) is 3.27. The van der Waals surface area contributed by atoms with Crippen LogP contribution >= 0.6 is 11.6 Å². The molecule has 0 saturated heterocycles. The van der Waals surface area contributed by atoms with E-state index in [-0.39, 0.29) is 16.4 Å². The summed E-state index contributed by atoms with van der Waals surface area (Å²) in [5.74, 6) is -0.584. The number of hydrogen-bond acceptors (Lipinski definition) is 3. The van der Waals surface area contributed by atoms with Gasteiger partial charge < -0.3 is 9.94 Å². The standard InChI is InChI=1S/C15H12ClNO3/c1-20-15(18)12-8-10-14(16)17(19)13(12)9-7-11-5-3-2-4-6-11/h2-10H,1H3/b9-7+. The quantitative estimate of drug-likeness (QED) is 0.378. The molecule has 0 atom stereocenters. The van der Waals surface area contributed by atoms with E-state index in [9.17, 15) is 10.0 Å². The lowest BCUT2D eigenvalue weighted by atomic mass is 10.1. The Balaban J connectivity index is 2.46. The first kappa shape index (κ1) is 14.1. The van der Waals surface area contributed by atoms with Gasteiger partial charge in [-0.1, -0.05) is 30.3 Å². The molecule has 5 heteroatoms. The number of esters is 1. The monoisotopic (exact) mass is 289 g/mol. The van der Waals surface area contributed by atoms with E-state index >= 15 is 0 Å². The van der Waals surface area contributed by atoms with Gasteiger partial charge >= 0.3 is 5.97 Å². The first-order valence-corrected chi connectivity index (χ1v) is 6.25. The average Bonchev–Trinajstić information content (AvgIpc) is 2.49. The third-order valence-electron chi connectivity index (χ3n) is 2.71. The molecule has 0 bridgehead atoms. The normalized spacial score (nSPS) is 10.7. The molecule has 0 fully saturated rings. The lowest BCUT2D eigenvalue weighted by molar-refractivity contribution is -0.605. The van der Waals surface area contributed by atoms with Crippen LogP contribution in [-0.4, -0.2) is 13.1 Å². The number of nitrogens with zero attached hydrogens (tertiary/aromatic N) is 1. The van der Waals surface area contributed by atoms with Gasteiger partial charge in [0.15, 0.2) is 0 Å². The highest BCUT2D eigenvalue weighted by molar-refractivity contribution is 6.28. The van der Waals surface area contributed by atoms with Gasteiger partial charge in [0.25, 0.3) is 5.15 Å². The molecule has 2 rings (SSSR count). The summed E-state index contributed by atoms with van der Waals surface area (Å²) in [6, 6.07) is 12.2. The summed E-state index contributed by atoms with van der Waals surface area (Å²) in [5, 5.41) is 11.9. The molecule has 102 valence electrons. The number of ether oxygens (including phenoxy) is 1. The minimum Gasteiger partial charge on any atom is -0.617 e. The van der Waals surface area contributed by atoms with Gasteiger partial charge in [0.05, 0.1) is 7.11 Å². The van der Waals surface area contributed by atoms with Gasteiger partial charge in [-0.3, -0.25) is 0 Å². The van der Waals surface area contributed by atoms with Crippen LogP contribution in [0.1, 0.15) is 21.6 Å². The molecule has 0 aliphatic rings. The van der Waals surface area contributed by atoms with E-state index in [0.29, 0.717) is 4.73 Å². The zero-order valence-corrected chi connectivity index (χ0v) is 11.5. The fourth-order valence-corrected chi connectivity index (χ4v) is 1.86. The van der Waals surface area contributed by atoms with Crippen LogP contribution in [-0.2, 0) is 4.74 Å². The zero-order chi connectivity index (χ0) is 14.5. The molecule has 0 radical (unpaired) electrons. The summed E-state index contributed by atoms with van der Waals surface area (Å²) in [5.41, 5.74) is 1.22. The van der Waals surface area contributed by atoms with Crippen molar-refractivity contribution in [2.45, 2.75) is 0 Å². The fraction of sp³-hybridized carbons (Fsp3) is 0.0667. The van der Waals surface area contributed by atoms with Gasteiger partial charge in [0.2, 0.25) is 5.69 Å². The van der Waals surface area contributed by atoms with Crippen molar-refractivity contribution < 1.29 is 14.3 Å². The van der Waals surface area contributed by atoms with E-state index < -0.39 is 5.97 Å². The minimum atomic E-state index is -0.584. The molecule has 20 heavy (non-hydrogen) atoms. The number of methoxy groups -OCH3 is 1. The highest BCUT2D eigenvalue weighted by Crippen LogP contribution is 2.14. The molecule has 1 aromatic carbocycles. The maximum absolute atomic E-state index is 12.0. The molecular formula is C15H12ClNO3. The van der Waals surface area contributed by atoms with Crippen LogP contribution in [0.25, 0.3) is 12.2 Å². The highest BCUT2D eigenvalue weighted by atomic mass is 35.5. The Morgan fingerprint density at radius 1 is 1.20 bits per heavy atom. The van der Waals surface area contributed by atoms with E-state index in [0.717, 1.165) is 5.56 Å². The second-order valence-corrected chi connectivity index (χ2v) is 4.37. The molecule has 1 heterocycles. The third kappa shape index (κ3) is 2.97. The number of benzene rings is 1. The maximum atomic E-state index is 12.0. The van der Waals surface area contributed by atoms with Crippen molar-refractivity contribution in [2.75, 3.05) is 7.11 Å². The van der Waals surface area contributed by atoms with Crippen LogP contribution in [0.5, 0.6) is 0 Å². The van der Waals surface area contributed by atoms with E-state index in [4.69, 9.17) is 11.6 Å². The number of carbonyl (C=O) groups excluding carboxylic acids is 1. The molecule has 0 aliphatic heterocycles. The van der Waals surface area contributed by atoms with Gasteiger partial charge in [0, 0.05) is 12.1 Å². The van der Waals surface area contributed by atoms with Gasteiger partial charge in [0.1, 0.15) is 5.56 Å². The summed E-state index contributed by atoms with van der Waals surface area (Å²) < 4.78 is 5.15. The van der Waals surface area contributed by atoms with Crippen molar-refractivity contribution in [3.8, 4) is 0 Å².